The molecule has 0 bridgehead atoms. The zero-order valence-corrected chi connectivity index (χ0v) is 13.2. The Kier molecular flexibility index (Phi) is 4.04. The Labute approximate surface area is 129 Å². The monoisotopic (exact) mass is 407 g/mol. The summed E-state index contributed by atoms with van der Waals surface area (Å²) in [4.78, 5) is 10.7. The van der Waals surface area contributed by atoms with Gasteiger partial charge in [0.05, 0.1) is 5.69 Å². The molecular weight excluding hydrogens is 397 g/mol. The van der Waals surface area contributed by atoms with Crippen LogP contribution in [0.4, 0.5) is 5.69 Å². The van der Waals surface area contributed by atoms with Crippen molar-refractivity contribution in [3.63, 3.8) is 0 Å². The van der Waals surface area contributed by atoms with Crippen LogP contribution in [0.3, 0.4) is 0 Å². The largest absolute Gasteiger partial charge is 0.475 e. The van der Waals surface area contributed by atoms with E-state index in [2.05, 4.69) is 27.3 Å². The predicted molar refractivity (Wildman–Crippen MR) is 80.4 cm³/mol. The van der Waals surface area contributed by atoms with Crippen molar-refractivity contribution >= 4 is 44.3 Å². The third-order valence-electron chi connectivity index (χ3n) is 2.49. The van der Waals surface area contributed by atoms with Gasteiger partial charge in [0.15, 0.2) is 0 Å². The number of benzene rings is 1. The highest BCUT2D eigenvalue weighted by molar-refractivity contribution is 14.1. The Hall–Kier alpha value is -1.55. The molecule has 0 unspecified atom stereocenters. The minimum absolute atomic E-state index is 0.415. The highest BCUT2D eigenvalue weighted by atomic mass is 127. The van der Waals surface area contributed by atoms with Gasteiger partial charge in [0, 0.05) is 3.57 Å². The van der Waals surface area contributed by atoms with Crippen molar-refractivity contribution in [3.05, 3.63) is 45.2 Å². The first-order valence-electron chi connectivity index (χ1n) is 5.42. The minimum Gasteiger partial charge on any atom is -0.475 e. The van der Waals surface area contributed by atoms with Crippen LogP contribution in [0, 0.1) is 10.5 Å². The maximum absolute atomic E-state index is 12.1. The molecule has 0 aliphatic heterocycles. The minimum atomic E-state index is -3.94. The van der Waals surface area contributed by atoms with Gasteiger partial charge in [-0.2, -0.15) is 8.42 Å². The number of halogens is 1. The lowest BCUT2D eigenvalue weighted by Gasteiger charge is -2.08. The van der Waals surface area contributed by atoms with Crippen LogP contribution in [-0.4, -0.2) is 19.5 Å². The molecule has 0 radical (unpaired) electrons. The molecule has 1 aromatic carbocycles. The van der Waals surface area contributed by atoms with Crippen molar-refractivity contribution < 1.29 is 22.7 Å². The highest BCUT2D eigenvalue weighted by Crippen LogP contribution is 2.22. The van der Waals surface area contributed by atoms with Crippen LogP contribution in [0.2, 0.25) is 0 Å². The fourth-order valence-electron chi connectivity index (χ4n) is 1.52. The molecule has 1 aromatic heterocycles. The Morgan fingerprint density at radius 2 is 2.00 bits per heavy atom. The van der Waals surface area contributed by atoms with Gasteiger partial charge in [-0.1, -0.05) is 0 Å². The van der Waals surface area contributed by atoms with Crippen molar-refractivity contribution in [2.24, 2.45) is 0 Å². The molecule has 0 saturated carbocycles. The van der Waals surface area contributed by atoms with E-state index in [0.29, 0.717) is 5.69 Å². The van der Waals surface area contributed by atoms with Gasteiger partial charge in [0.2, 0.25) is 10.9 Å². The molecule has 0 aliphatic carbocycles. The average Bonchev–Trinajstić information content (AvgIpc) is 2.83. The summed E-state index contributed by atoms with van der Waals surface area (Å²) in [5.41, 5.74) is 1.17. The van der Waals surface area contributed by atoms with Crippen molar-refractivity contribution in [1.82, 2.24) is 0 Å². The van der Waals surface area contributed by atoms with E-state index >= 15 is 0 Å². The van der Waals surface area contributed by atoms with Gasteiger partial charge in [0.25, 0.3) is 10.0 Å². The quantitative estimate of drug-likeness (QED) is 0.760. The molecule has 0 spiro atoms. The summed E-state index contributed by atoms with van der Waals surface area (Å²) in [6.07, 6.45) is 0. The Morgan fingerprint density at radius 3 is 2.55 bits per heavy atom. The summed E-state index contributed by atoms with van der Waals surface area (Å²) in [7, 11) is -3.94. The number of furan rings is 1. The van der Waals surface area contributed by atoms with Gasteiger partial charge in [-0.25, -0.2) is 4.79 Å². The third-order valence-corrected chi connectivity index (χ3v) is 4.40. The van der Waals surface area contributed by atoms with Crippen LogP contribution >= 0.6 is 22.6 Å². The molecule has 2 N–H and O–H groups in total. The van der Waals surface area contributed by atoms with E-state index in [1.165, 1.54) is 0 Å². The van der Waals surface area contributed by atoms with Crippen LogP contribution < -0.4 is 4.72 Å². The van der Waals surface area contributed by atoms with Crippen LogP contribution in [0.5, 0.6) is 0 Å². The Morgan fingerprint density at radius 1 is 1.30 bits per heavy atom. The molecule has 2 rings (SSSR count). The SMILES string of the molecule is Cc1cc(I)ccc1NS(=O)(=O)c1ccc(C(=O)O)o1. The summed E-state index contributed by atoms with van der Waals surface area (Å²) in [5, 5.41) is 8.28. The molecule has 0 amide bonds. The van der Waals surface area contributed by atoms with E-state index in [1.807, 2.05) is 6.07 Å². The van der Waals surface area contributed by atoms with Gasteiger partial charge in [0.1, 0.15) is 0 Å². The summed E-state index contributed by atoms with van der Waals surface area (Å²) in [6.45, 7) is 1.77. The molecule has 0 fully saturated rings. The molecule has 6 nitrogen and oxygen atoms in total. The van der Waals surface area contributed by atoms with E-state index in [-0.39, 0.29) is 0 Å². The van der Waals surface area contributed by atoms with E-state index < -0.39 is 26.8 Å². The molecule has 20 heavy (non-hydrogen) atoms. The summed E-state index contributed by atoms with van der Waals surface area (Å²) >= 11 is 2.12. The van der Waals surface area contributed by atoms with Crippen LogP contribution in [0.15, 0.2) is 39.8 Å². The number of nitrogens with one attached hydrogen (secondary N) is 1. The summed E-state index contributed by atoms with van der Waals surface area (Å²) in [6, 6.07) is 7.42. The van der Waals surface area contributed by atoms with Crippen molar-refractivity contribution in [1.29, 1.82) is 0 Å². The second kappa shape index (κ2) is 5.44. The lowest BCUT2D eigenvalue weighted by atomic mass is 10.2. The van der Waals surface area contributed by atoms with E-state index in [9.17, 15) is 13.2 Å². The molecule has 2 aromatic rings. The second-order valence-corrected chi connectivity index (χ2v) is 6.85. The normalized spacial score (nSPS) is 11.3. The van der Waals surface area contributed by atoms with Gasteiger partial charge in [-0.15, -0.1) is 0 Å². The van der Waals surface area contributed by atoms with Gasteiger partial charge in [-0.3, -0.25) is 4.72 Å². The molecule has 0 saturated heterocycles. The summed E-state index contributed by atoms with van der Waals surface area (Å²) in [5.74, 6) is -1.75. The molecular formula is C12H10INO5S. The third kappa shape index (κ3) is 3.12. The molecule has 0 atom stereocenters. The number of carboxylic acid groups (broad SMARTS) is 1. The Balaban J connectivity index is 2.33. The molecule has 106 valence electrons. The van der Waals surface area contributed by atoms with Crippen LogP contribution in [-0.2, 0) is 10.0 Å². The second-order valence-electron chi connectivity index (χ2n) is 3.99. The standard InChI is InChI=1S/C12H10INO5S/c1-7-6-8(13)2-3-9(7)14-20(17,18)11-5-4-10(19-11)12(15)16/h2-6,14H,1H3,(H,15,16). The summed E-state index contributed by atoms with van der Waals surface area (Å²) < 4.78 is 32.3. The number of hydrogen-bond acceptors (Lipinski definition) is 4. The van der Waals surface area contributed by atoms with Crippen molar-refractivity contribution in [2.45, 2.75) is 12.0 Å². The first-order chi connectivity index (χ1) is 9.29. The highest BCUT2D eigenvalue weighted by Gasteiger charge is 2.21. The fraction of sp³-hybridized carbons (Fsp3) is 0.0833. The number of hydrogen-bond donors (Lipinski definition) is 2. The first-order valence-corrected chi connectivity index (χ1v) is 7.98. The van der Waals surface area contributed by atoms with Crippen LogP contribution in [0.25, 0.3) is 0 Å². The van der Waals surface area contributed by atoms with Crippen molar-refractivity contribution in [2.75, 3.05) is 4.72 Å². The van der Waals surface area contributed by atoms with Gasteiger partial charge in [-0.05, 0) is 65.4 Å². The zero-order chi connectivity index (χ0) is 14.9. The number of carbonyl (C=O) groups is 1. The average molecular weight is 407 g/mol. The van der Waals surface area contributed by atoms with Gasteiger partial charge >= 0.3 is 5.97 Å². The predicted octanol–water partition coefficient (Wildman–Crippen LogP) is 2.69. The Bertz CT molecular complexity index is 766. The number of rotatable bonds is 4. The van der Waals surface area contributed by atoms with E-state index in [4.69, 9.17) is 9.52 Å². The van der Waals surface area contributed by atoms with E-state index in [0.717, 1.165) is 21.3 Å². The topological polar surface area (TPSA) is 96.6 Å². The molecule has 1 heterocycles. The first kappa shape index (κ1) is 14.9. The molecule has 0 aliphatic rings. The lowest BCUT2D eigenvalue weighted by molar-refractivity contribution is 0.0656. The maximum atomic E-state index is 12.1. The van der Waals surface area contributed by atoms with Crippen molar-refractivity contribution in [3.8, 4) is 0 Å². The number of aryl methyl sites for hydroxylation is 1. The number of carboxylic acids is 1. The fourth-order valence-corrected chi connectivity index (χ4v) is 3.23. The smallest absolute Gasteiger partial charge is 0.371 e. The van der Waals surface area contributed by atoms with E-state index in [1.54, 1.807) is 19.1 Å². The zero-order valence-electron chi connectivity index (χ0n) is 10.3. The number of aromatic carboxylic acids is 1. The molecule has 8 heteroatoms. The number of anilines is 1. The maximum Gasteiger partial charge on any atom is 0.371 e. The van der Waals surface area contributed by atoms with Crippen LogP contribution in [0.1, 0.15) is 16.1 Å². The lowest BCUT2D eigenvalue weighted by Crippen LogP contribution is -2.13. The number of sulfonamides is 1. The van der Waals surface area contributed by atoms with Gasteiger partial charge < -0.3 is 9.52 Å².